The van der Waals surface area contributed by atoms with Gasteiger partial charge in [-0.25, -0.2) is 9.59 Å². The average Bonchev–Trinajstić information content (AvgIpc) is 2.59. The summed E-state index contributed by atoms with van der Waals surface area (Å²) >= 11 is 3.46. The predicted molar refractivity (Wildman–Crippen MR) is 105 cm³/mol. The first-order valence-corrected chi connectivity index (χ1v) is 9.42. The summed E-state index contributed by atoms with van der Waals surface area (Å²) in [5.74, 6) is 0.465. The van der Waals surface area contributed by atoms with E-state index < -0.39 is 12.0 Å². The highest BCUT2D eigenvalue weighted by Gasteiger charge is 2.35. The third-order valence-electron chi connectivity index (χ3n) is 4.03. The fourth-order valence-corrected chi connectivity index (χ4v) is 3.52. The van der Waals surface area contributed by atoms with Crippen molar-refractivity contribution in [1.29, 1.82) is 0 Å². The number of halogens is 1. The zero-order valence-corrected chi connectivity index (χ0v) is 17.9. The van der Waals surface area contributed by atoms with Crippen molar-refractivity contribution in [2.45, 2.75) is 39.8 Å². The zero-order valence-electron chi connectivity index (χ0n) is 16.3. The van der Waals surface area contributed by atoms with Crippen molar-refractivity contribution in [3.05, 3.63) is 33.4 Å². The number of carbonyl (C=O) groups is 2. The monoisotopic (exact) mass is 440 g/mol. The summed E-state index contributed by atoms with van der Waals surface area (Å²) in [5, 5.41) is 5.56. The quantitative estimate of drug-likeness (QED) is 0.658. The number of allylic oxidation sites excluding steroid dienone is 1. The van der Waals surface area contributed by atoms with Crippen molar-refractivity contribution in [3.8, 4) is 11.5 Å². The Bertz CT molecular complexity index is 774. The maximum absolute atomic E-state index is 12.8. The molecule has 1 unspecified atom stereocenters. The number of rotatable bonds is 6. The van der Waals surface area contributed by atoms with Gasteiger partial charge in [-0.1, -0.05) is 13.8 Å². The van der Waals surface area contributed by atoms with Crippen LogP contribution in [-0.2, 0) is 9.53 Å². The number of urea groups is 1. The molecule has 148 valence electrons. The van der Waals surface area contributed by atoms with Crippen LogP contribution in [-0.4, -0.2) is 32.3 Å². The smallest absolute Gasteiger partial charge is 0.338 e. The maximum atomic E-state index is 12.8. The van der Waals surface area contributed by atoms with Crippen molar-refractivity contribution in [2.75, 3.05) is 14.2 Å². The van der Waals surface area contributed by atoms with Crippen LogP contribution in [0.4, 0.5) is 4.79 Å². The molecule has 0 fully saturated rings. The average molecular weight is 441 g/mol. The van der Waals surface area contributed by atoms with Crippen LogP contribution in [0, 0.1) is 5.92 Å². The van der Waals surface area contributed by atoms with E-state index in [1.807, 2.05) is 13.8 Å². The van der Waals surface area contributed by atoms with Crippen molar-refractivity contribution in [2.24, 2.45) is 5.92 Å². The van der Waals surface area contributed by atoms with Gasteiger partial charge in [-0.2, -0.15) is 0 Å². The molecule has 1 aromatic carbocycles. The number of nitrogens with one attached hydrogen (secondary N) is 2. The van der Waals surface area contributed by atoms with Crippen LogP contribution in [0.25, 0.3) is 0 Å². The van der Waals surface area contributed by atoms with Gasteiger partial charge in [-0.3, -0.25) is 0 Å². The highest BCUT2D eigenvalue weighted by Crippen LogP contribution is 2.40. The first kappa shape index (κ1) is 21.1. The third-order valence-corrected chi connectivity index (χ3v) is 4.62. The molecule has 1 heterocycles. The second-order valence-electron chi connectivity index (χ2n) is 6.71. The van der Waals surface area contributed by atoms with Gasteiger partial charge in [0.1, 0.15) is 0 Å². The lowest BCUT2D eigenvalue weighted by Gasteiger charge is -2.31. The molecule has 7 nitrogen and oxygen atoms in total. The lowest BCUT2D eigenvalue weighted by molar-refractivity contribution is -0.143. The number of hydrogen-bond acceptors (Lipinski definition) is 5. The van der Waals surface area contributed by atoms with Crippen molar-refractivity contribution in [1.82, 2.24) is 10.6 Å². The van der Waals surface area contributed by atoms with Crippen LogP contribution < -0.4 is 20.1 Å². The van der Waals surface area contributed by atoms with Crippen LogP contribution in [0.5, 0.6) is 11.5 Å². The highest BCUT2D eigenvalue weighted by molar-refractivity contribution is 9.10. The number of hydrogen-bond donors (Lipinski definition) is 2. The zero-order chi connectivity index (χ0) is 20.3. The van der Waals surface area contributed by atoms with E-state index >= 15 is 0 Å². The molecule has 2 N–H and O–H groups in total. The maximum Gasteiger partial charge on any atom is 0.338 e. The largest absolute Gasteiger partial charge is 0.493 e. The third kappa shape index (κ3) is 4.55. The van der Waals surface area contributed by atoms with Crippen molar-refractivity contribution in [3.63, 3.8) is 0 Å². The van der Waals surface area contributed by atoms with E-state index in [1.54, 1.807) is 26.0 Å². The molecule has 0 radical (unpaired) electrons. The number of esters is 1. The fourth-order valence-electron chi connectivity index (χ4n) is 2.90. The molecule has 0 aromatic heterocycles. The van der Waals surface area contributed by atoms with E-state index in [4.69, 9.17) is 14.2 Å². The van der Waals surface area contributed by atoms with Gasteiger partial charge in [0.25, 0.3) is 0 Å². The van der Waals surface area contributed by atoms with Crippen LogP contribution in [0.2, 0.25) is 0 Å². The first-order valence-electron chi connectivity index (χ1n) is 8.63. The topological polar surface area (TPSA) is 85.9 Å². The molecule has 0 aliphatic carbocycles. The second kappa shape index (κ2) is 8.65. The number of methoxy groups -OCH3 is 2. The molecule has 2 amide bonds. The minimum Gasteiger partial charge on any atom is -0.493 e. The van der Waals surface area contributed by atoms with E-state index in [0.29, 0.717) is 32.8 Å². The molecular weight excluding hydrogens is 416 g/mol. The van der Waals surface area contributed by atoms with E-state index in [9.17, 15) is 9.59 Å². The minimum absolute atomic E-state index is 0.0724. The van der Waals surface area contributed by atoms with Gasteiger partial charge in [-0.05, 0) is 53.4 Å². The summed E-state index contributed by atoms with van der Waals surface area (Å²) in [6, 6.07) is 2.47. The molecule has 1 aliphatic heterocycles. The number of ether oxygens (including phenoxy) is 3. The van der Waals surface area contributed by atoms with Crippen LogP contribution >= 0.6 is 15.9 Å². The Morgan fingerprint density at radius 3 is 2.33 bits per heavy atom. The van der Waals surface area contributed by atoms with Gasteiger partial charge in [0.2, 0.25) is 0 Å². The van der Waals surface area contributed by atoms with E-state index in [2.05, 4.69) is 26.6 Å². The molecule has 1 aromatic rings. The van der Waals surface area contributed by atoms with Gasteiger partial charge >= 0.3 is 12.0 Å². The molecule has 0 bridgehead atoms. The van der Waals surface area contributed by atoms with Crippen molar-refractivity contribution < 1.29 is 23.8 Å². The Morgan fingerprint density at radius 2 is 1.81 bits per heavy atom. The normalized spacial score (nSPS) is 16.9. The molecule has 0 saturated carbocycles. The van der Waals surface area contributed by atoms with E-state index in [-0.39, 0.29) is 18.1 Å². The van der Waals surface area contributed by atoms with Crippen LogP contribution in [0.3, 0.4) is 0 Å². The summed E-state index contributed by atoms with van der Waals surface area (Å²) in [7, 11) is 3.06. The highest BCUT2D eigenvalue weighted by atomic mass is 79.9. The van der Waals surface area contributed by atoms with Gasteiger partial charge in [0, 0.05) is 5.70 Å². The number of amides is 2. The fraction of sp³-hybridized carbons (Fsp3) is 0.474. The molecule has 1 aliphatic rings. The second-order valence-corrected chi connectivity index (χ2v) is 7.56. The first-order chi connectivity index (χ1) is 12.7. The minimum atomic E-state index is -0.682. The molecule has 8 heteroatoms. The number of benzene rings is 1. The van der Waals surface area contributed by atoms with Gasteiger partial charge in [0.05, 0.1) is 36.4 Å². The Kier molecular flexibility index (Phi) is 6.75. The molecule has 2 rings (SSSR count). The van der Waals surface area contributed by atoms with E-state index in [0.717, 1.165) is 0 Å². The summed E-state index contributed by atoms with van der Waals surface area (Å²) in [6.45, 7) is 7.38. The molecule has 0 spiro atoms. The van der Waals surface area contributed by atoms with Crippen LogP contribution in [0.15, 0.2) is 27.9 Å². The van der Waals surface area contributed by atoms with Crippen molar-refractivity contribution >= 4 is 27.9 Å². The predicted octanol–water partition coefficient (Wildman–Crippen LogP) is 3.68. The standard InChI is InChI=1S/C19H25BrN2O5/c1-9(2)15-14(18(23)27-10(3)4)16(22-19(24)21-15)11-7-12(20)17(26-6)13(8-11)25-5/h7-10,16H,1-6H3,(H2,21,22,24). The number of carbonyl (C=O) groups excluding carboxylic acids is 2. The Morgan fingerprint density at radius 1 is 1.15 bits per heavy atom. The SMILES string of the molecule is COc1cc(C2NC(=O)NC(C(C)C)=C2C(=O)OC(C)C)cc(Br)c1OC. The van der Waals surface area contributed by atoms with Crippen LogP contribution in [0.1, 0.15) is 39.3 Å². The van der Waals surface area contributed by atoms with E-state index in [1.165, 1.54) is 14.2 Å². The van der Waals surface area contributed by atoms with Gasteiger partial charge in [-0.15, -0.1) is 0 Å². The Labute approximate surface area is 167 Å². The summed E-state index contributed by atoms with van der Waals surface area (Å²) in [4.78, 5) is 25.1. The molecule has 0 saturated heterocycles. The summed E-state index contributed by atoms with van der Waals surface area (Å²) < 4.78 is 16.8. The summed E-state index contributed by atoms with van der Waals surface area (Å²) in [6.07, 6.45) is -0.283. The lowest BCUT2D eigenvalue weighted by atomic mass is 9.91. The Hall–Kier alpha value is -2.22. The molecule has 1 atom stereocenters. The summed E-state index contributed by atoms with van der Waals surface area (Å²) in [5.41, 5.74) is 1.58. The molecule has 27 heavy (non-hydrogen) atoms. The molecular formula is C19H25BrN2O5. The van der Waals surface area contributed by atoms with Gasteiger partial charge in [0.15, 0.2) is 11.5 Å². The lowest BCUT2D eigenvalue weighted by Crippen LogP contribution is -2.47. The van der Waals surface area contributed by atoms with Gasteiger partial charge < -0.3 is 24.8 Å². The Balaban J connectivity index is 2.64.